The summed E-state index contributed by atoms with van der Waals surface area (Å²) < 4.78 is 5.40. The minimum absolute atomic E-state index is 0.0225. The predicted octanol–water partition coefficient (Wildman–Crippen LogP) is -0.0143. The van der Waals surface area contributed by atoms with Crippen LogP contribution in [0.3, 0.4) is 0 Å². The summed E-state index contributed by atoms with van der Waals surface area (Å²) in [5.41, 5.74) is 0. The third-order valence-corrected chi connectivity index (χ3v) is 3.03. The summed E-state index contributed by atoms with van der Waals surface area (Å²) >= 11 is 0. The molecule has 0 aromatic rings. The van der Waals surface area contributed by atoms with E-state index in [1.807, 2.05) is 11.8 Å². The first-order valence-corrected chi connectivity index (χ1v) is 5.40. The third kappa shape index (κ3) is 1.91. The zero-order valence-corrected chi connectivity index (χ0v) is 8.66. The van der Waals surface area contributed by atoms with E-state index in [1.165, 1.54) is 0 Å². The number of rotatable bonds is 1. The Morgan fingerprint density at radius 1 is 1.57 bits per heavy atom. The first-order chi connectivity index (χ1) is 6.79. The van der Waals surface area contributed by atoms with Crippen LogP contribution in [0.4, 0.5) is 0 Å². The van der Waals surface area contributed by atoms with Gasteiger partial charge in [0.1, 0.15) is 0 Å². The molecule has 2 aliphatic rings. The lowest BCUT2D eigenvalue weighted by molar-refractivity contribution is -0.140. The predicted molar refractivity (Wildman–Crippen MR) is 53.0 cm³/mol. The van der Waals surface area contributed by atoms with Crippen molar-refractivity contribution in [2.45, 2.75) is 31.8 Å². The van der Waals surface area contributed by atoms with E-state index in [-0.39, 0.29) is 11.9 Å². The summed E-state index contributed by atoms with van der Waals surface area (Å²) in [6.45, 7) is 5.24. The molecule has 0 saturated carbocycles. The van der Waals surface area contributed by atoms with Crippen LogP contribution in [0.2, 0.25) is 0 Å². The Hall–Kier alpha value is -0.610. The van der Waals surface area contributed by atoms with Gasteiger partial charge in [-0.2, -0.15) is 0 Å². The van der Waals surface area contributed by atoms with E-state index in [2.05, 4.69) is 5.32 Å². The molecule has 2 rings (SSSR count). The molecule has 4 nitrogen and oxygen atoms in total. The third-order valence-electron chi connectivity index (χ3n) is 3.03. The molecule has 2 saturated heterocycles. The van der Waals surface area contributed by atoms with Gasteiger partial charge in [-0.25, -0.2) is 0 Å². The average Bonchev–Trinajstić information content (AvgIpc) is 2.23. The summed E-state index contributed by atoms with van der Waals surface area (Å²) in [5.74, 6) is 0.228. The Kier molecular flexibility index (Phi) is 3.03. The van der Waals surface area contributed by atoms with Gasteiger partial charge in [-0.1, -0.05) is 0 Å². The lowest BCUT2D eigenvalue weighted by atomic mass is 10.1. The number of hydrogen-bond donors (Lipinski definition) is 1. The summed E-state index contributed by atoms with van der Waals surface area (Å²) in [6, 6.07) is 0.298. The zero-order valence-electron chi connectivity index (χ0n) is 8.66. The molecule has 0 aromatic heterocycles. The van der Waals surface area contributed by atoms with Crippen LogP contribution >= 0.6 is 0 Å². The van der Waals surface area contributed by atoms with Gasteiger partial charge < -0.3 is 15.0 Å². The van der Waals surface area contributed by atoms with Gasteiger partial charge in [0.2, 0.25) is 5.91 Å². The highest BCUT2D eigenvalue weighted by Crippen LogP contribution is 2.15. The normalized spacial score (nSPS) is 34.6. The van der Waals surface area contributed by atoms with Crippen LogP contribution in [0.25, 0.3) is 0 Å². The maximum Gasteiger partial charge on any atom is 0.239 e. The van der Waals surface area contributed by atoms with Crippen LogP contribution in [0.15, 0.2) is 0 Å². The Morgan fingerprint density at radius 3 is 3.14 bits per heavy atom. The van der Waals surface area contributed by atoms with E-state index in [0.717, 1.165) is 39.1 Å². The lowest BCUT2D eigenvalue weighted by Crippen LogP contribution is -2.58. The van der Waals surface area contributed by atoms with E-state index in [0.29, 0.717) is 6.04 Å². The average molecular weight is 198 g/mol. The molecule has 0 bridgehead atoms. The standard InChI is InChI=1S/C10H18N2O2/c1-8-10(13)12(5-4-11-8)9-3-2-6-14-7-9/h8-9,11H,2-7H2,1H3. The fraction of sp³-hybridized carbons (Fsp3) is 0.900. The number of nitrogens with zero attached hydrogens (tertiary/aromatic N) is 1. The number of carbonyl (C=O) groups is 1. The maximum atomic E-state index is 11.8. The molecule has 14 heavy (non-hydrogen) atoms. The quantitative estimate of drug-likeness (QED) is 0.644. The second-order valence-electron chi connectivity index (χ2n) is 4.08. The molecule has 4 heteroatoms. The van der Waals surface area contributed by atoms with Crippen LogP contribution in [0.1, 0.15) is 19.8 Å². The van der Waals surface area contributed by atoms with Crippen molar-refractivity contribution in [1.82, 2.24) is 10.2 Å². The molecule has 1 N–H and O–H groups in total. The Bertz CT molecular complexity index is 214. The van der Waals surface area contributed by atoms with Gasteiger partial charge in [-0.15, -0.1) is 0 Å². The maximum absolute atomic E-state index is 11.8. The van der Waals surface area contributed by atoms with E-state index in [9.17, 15) is 4.79 Å². The topological polar surface area (TPSA) is 41.6 Å². The summed E-state index contributed by atoms with van der Waals surface area (Å²) in [4.78, 5) is 13.8. The number of carbonyl (C=O) groups excluding carboxylic acids is 1. The largest absolute Gasteiger partial charge is 0.379 e. The fourth-order valence-electron chi connectivity index (χ4n) is 2.18. The van der Waals surface area contributed by atoms with E-state index in [4.69, 9.17) is 4.74 Å². The molecule has 0 aliphatic carbocycles. The van der Waals surface area contributed by atoms with E-state index in [1.54, 1.807) is 0 Å². The smallest absolute Gasteiger partial charge is 0.239 e. The number of ether oxygens (including phenoxy) is 1. The van der Waals surface area contributed by atoms with E-state index < -0.39 is 0 Å². The van der Waals surface area contributed by atoms with Gasteiger partial charge in [0, 0.05) is 19.7 Å². The molecule has 2 heterocycles. The van der Waals surface area contributed by atoms with Crippen LogP contribution in [-0.4, -0.2) is 49.2 Å². The molecule has 2 aliphatic heterocycles. The van der Waals surface area contributed by atoms with Gasteiger partial charge in [-0.05, 0) is 19.8 Å². The highest BCUT2D eigenvalue weighted by Gasteiger charge is 2.31. The van der Waals surface area contributed by atoms with Crippen molar-refractivity contribution >= 4 is 5.91 Å². The first-order valence-electron chi connectivity index (χ1n) is 5.40. The molecule has 2 fully saturated rings. The lowest BCUT2D eigenvalue weighted by Gasteiger charge is -2.39. The van der Waals surface area contributed by atoms with Crippen molar-refractivity contribution in [2.24, 2.45) is 0 Å². The second kappa shape index (κ2) is 4.28. The monoisotopic (exact) mass is 198 g/mol. The van der Waals surface area contributed by atoms with Crippen LogP contribution in [0.5, 0.6) is 0 Å². The van der Waals surface area contributed by atoms with Crippen molar-refractivity contribution in [1.29, 1.82) is 0 Å². The molecule has 0 radical (unpaired) electrons. The highest BCUT2D eigenvalue weighted by molar-refractivity contribution is 5.82. The van der Waals surface area contributed by atoms with Crippen molar-refractivity contribution in [3.8, 4) is 0 Å². The summed E-state index contributed by atoms with van der Waals surface area (Å²) in [6.07, 6.45) is 2.18. The van der Waals surface area contributed by atoms with Gasteiger partial charge in [0.05, 0.1) is 18.7 Å². The number of piperazine rings is 1. The zero-order chi connectivity index (χ0) is 9.97. The summed E-state index contributed by atoms with van der Waals surface area (Å²) in [5, 5.41) is 3.17. The van der Waals surface area contributed by atoms with E-state index >= 15 is 0 Å². The van der Waals surface area contributed by atoms with Gasteiger partial charge in [0.15, 0.2) is 0 Å². The second-order valence-corrected chi connectivity index (χ2v) is 4.08. The molecule has 80 valence electrons. The van der Waals surface area contributed by atoms with Gasteiger partial charge >= 0.3 is 0 Å². The van der Waals surface area contributed by atoms with Crippen molar-refractivity contribution in [3.63, 3.8) is 0 Å². The molecule has 2 unspecified atom stereocenters. The van der Waals surface area contributed by atoms with Crippen molar-refractivity contribution < 1.29 is 9.53 Å². The Labute approximate surface area is 84.6 Å². The van der Waals surface area contributed by atoms with Crippen molar-refractivity contribution in [3.05, 3.63) is 0 Å². The summed E-state index contributed by atoms with van der Waals surface area (Å²) in [7, 11) is 0. The molecule has 1 amide bonds. The Balaban J connectivity index is 1.97. The number of nitrogens with one attached hydrogen (secondary N) is 1. The first kappa shape index (κ1) is 9.93. The minimum Gasteiger partial charge on any atom is -0.379 e. The van der Waals surface area contributed by atoms with Crippen LogP contribution in [0, 0.1) is 0 Å². The molecule has 0 aromatic carbocycles. The van der Waals surface area contributed by atoms with Crippen molar-refractivity contribution in [2.75, 3.05) is 26.3 Å². The number of amides is 1. The SMILES string of the molecule is CC1NCCN(C2CCCOC2)C1=O. The fourth-order valence-corrected chi connectivity index (χ4v) is 2.18. The molecular formula is C10H18N2O2. The van der Waals surface area contributed by atoms with Crippen LogP contribution in [-0.2, 0) is 9.53 Å². The molecule has 2 atom stereocenters. The van der Waals surface area contributed by atoms with Crippen LogP contribution < -0.4 is 5.32 Å². The van der Waals surface area contributed by atoms with Gasteiger partial charge in [-0.3, -0.25) is 4.79 Å². The highest BCUT2D eigenvalue weighted by atomic mass is 16.5. The molecule has 0 spiro atoms. The number of hydrogen-bond acceptors (Lipinski definition) is 3. The Morgan fingerprint density at radius 2 is 2.43 bits per heavy atom. The van der Waals surface area contributed by atoms with Gasteiger partial charge in [0.25, 0.3) is 0 Å². The minimum atomic E-state index is -0.0225. The molecular weight excluding hydrogens is 180 g/mol.